The van der Waals surface area contributed by atoms with Crippen LogP contribution in [0.4, 0.5) is 4.39 Å². The Kier molecular flexibility index (Phi) is 5.89. The van der Waals surface area contributed by atoms with Crippen LogP contribution in [0.5, 0.6) is 0 Å². The summed E-state index contributed by atoms with van der Waals surface area (Å²) in [4.78, 5) is 32.9. The Labute approximate surface area is 177 Å². The molecule has 0 aliphatic carbocycles. The lowest BCUT2D eigenvalue weighted by atomic mass is 10.1. The Hall–Kier alpha value is -4.20. The molecule has 0 aliphatic heterocycles. The summed E-state index contributed by atoms with van der Waals surface area (Å²) in [6.45, 7) is -0.0575. The smallest absolute Gasteiger partial charge is 0.267 e. The summed E-state index contributed by atoms with van der Waals surface area (Å²) in [6, 6.07) is 20.1. The van der Waals surface area contributed by atoms with Crippen molar-refractivity contribution in [3.05, 3.63) is 101 Å². The Morgan fingerprint density at radius 3 is 2.42 bits per heavy atom. The van der Waals surface area contributed by atoms with Crippen molar-refractivity contribution in [3.8, 4) is 22.5 Å². The fourth-order valence-electron chi connectivity index (χ4n) is 2.98. The summed E-state index contributed by atoms with van der Waals surface area (Å²) in [5.74, 6) is -0.748. The van der Waals surface area contributed by atoms with Crippen molar-refractivity contribution in [2.45, 2.75) is 13.1 Å². The van der Waals surface area contributed by atoms with E-state index < -0.39 is 5.56 Å². The van der Waals surface area contributed by atoms with E-state index in [9.17, 15) is 14.0 Å². The van der Waals surface area contributed by atoms with Gasteiger partial charge < -0.3 is 5.32 Å². The van der Waals surface area contributed by atoms with E-state index in [0.717, 1.165) is 15.9 Å². The van der Waals surface area contributed by atoms with Gasteiger partial charge in [-0.25, -0.2) is 19.0 Å². The van der Waals surface area contributed by atoms with Crippen LogP contribution in [-0.4, -0.2) is 25.7 Å². The first-order valence-electron chi connectivity index (χ1n) is 9.56. The number of carbonyl (C=O) groups is 1. The summed E-state index contributed by atoms with van der Waals surface area (Å²) in [7, 11) is 0. The molecule has 0 aliphatic rings. The average Bonchev–Trinajstić information content (AvgIpc) is 2.80. The minimum Gasteiger partial charge on any atom is -0.349 e. The Bertz CT molecular complexity index is 1260. The number of hydrogen-bond donors (Lipinski definition) is 1. The third-order valence-corrected chi connectivity index (χ3v) is 4.56. The lowest BCUT2D eigenvalue weighted by Crippen LogP contribution is -2.33. The molecule has 4 aromatic rings. The van der Waals surface area contributed by atoms with E-state index in [1.807, 2.05) is 30.3 Å². The molecule has 0 fully saturated rings. The van der Waals surface area contributed by atoms with Crippen molar-refractivity contribution in [2.24, 2.45) is 0 Å². The van der Waals surface area contributed by atoms with Crippen LogP contribution in [0.2, 0.25) is 0 Å². The number of halogens is 1. The summed E-state index contributed by atoms with van der Waals surface area (Å²) in [5.41, 5.74) is 3.05. The lowest BCUT2D eigenvalue weighted by Gasteiger charge is -2.09. The van der Waals surface area contributed by atoms with Crippen LogP contribution in [0.25, 0.3) is 22.5 Å². The van der Waals surface area contributed by atoms with Gasteiger partial charge in [0.25, 0.3) is 5.56 Å². The first kappa shape index (κ1) is 20.1. The largest absolute Gasteiger partial charge is 0.349 e. The van der Waals surface area contributed by atoms with Gasteiger partial charge in [-0.2, -0.15) is 5.10 Å². The van der Waals surface area contributed by atoms with Gasteiger partial charge in [0.05, 0.1) is 23.6 Å². The second-order valence-electron chi connectivity index (χ2n) is 6.76. The van der Waals surface area contributed by atoms with Crippen molar-refractivity contribution in [1.82, 2.24) is 25.1 Å². The van der Waals surface area contributed by atoms with Crippen molar-refractivity contribution < 1.29 is 9.18 Å². The number of benzene rings is 2. The van der Waals surface area contributed by atoms with Crippen LogP contribution in [0.3, 0.4) is 0 Å². The number of hydrogen-bond acceptors (Lipinski definition) is 5. The quantitative estimate of drug-likeness (QED) is 0.523. The molecule has 4 rings (SSSR count). The zero-order chi connectivity index (χ0) is 21.6. The van der Waals surface area contributed by atoms with E-state index in [1.165, 1.54) is 30.6 Å². The standard InChI is InChI=1S/C23H18FN5O2/c24-18-8-6-17(7-9-18)20-10-11-23(31)29(28-20)14-22(30)25-13-19-12-21(27-15-26-19)16-4-2-1-3-5-16/h1-12,15H,13-14H2,(H,25,30). The maximum atomic E-state index is 13.1. The second-order valence-corrected chi connectivity index (χ2v) is 6.76. The van der Waals surface area contributed by atoms with Crippen LogP contribution < -0.4 is 10.9 Å². The number of aromatic nitrogens is 4. The monoisotopic (exact) mass is 415 g/mol. The molecule has 0 saturated heterocycles. The van der Waals surface area contributed by atoms with E-state index in [2.05, 4.69) is 20.4 Å². The Morgan fingerprint density at radius 1 is 0.903 bits per heavy atom. The molecule has 0 radical (unpaired) electrons. The van der Waals surface area contributed by atoms with Crippen LogP contribution in [-0.2, 0) is 17.9 Å². The number of nitrogens with zero attached hydrogens (tertiary/aromatic N) is 4. The highest BCUT2D eigenvalue weighted by Crippen LogP contribution is 2.16. The molecule has 154 valence electrons. The van der Waals surface area contributed by atoms with E-state index in [1.54, 1.807) is 18.2 Å². The normalized spacial score (nSPS) is 10.6. The summed E-state index contributed by atoms with van der Waals surface area (Å²) >= 11 is 0. The van der Waals surface area contributed by atoms with Gasteiger partial charge >= 0.3 is 0 Å². The molecule has 2 heterocycles. The second kappa shape index (κ2) is 9.08. The molecular formula is C23H18FN5O2. The van der Waals surface area contributed by atoms with Gasteiger partial charge in [0.2, 0.25) is 5.91 Å². The van der Waals surface area contributed by atoms with Crippen LogP contribution in [0.15, 0.2) is 83.9 Å². The molecule has 0 unspecified atom stereocenters. The highest BCUT2D eigenvalue weighted by atomic mass is 19.1. The van der Waals surface area contributed by atoms with Gasteiger partial charge in [0, 0.05) is 17.2 Å². The molecular weight excluding hydrogens is 397 g/mol. The zero-order valence-electron chi connectivity index (χ0n) is 16.4. The van der Waals surface area contributed by atoms with Gasteiger partial charge in [-0.05, 0) is 36.4 Å². The third-order valence-electron chi connectivity index (χ3n) is 4.56. The van der Waals surface area contributed by atoms with Gasteiger partial charge in [-0.15, -0.1) is 0 Å². The minimum atomic E-state index is -0.408. The summed E-state index contributed by atoms with van der Waals surface area (Å²) in [6.07, 6.45) is 1.45. The molecule has 0 saturated carbocycles. The van der Waals surface area contributed by atoms with Crippen molar-refractivity contribution in [1.29, 1.82) is 0 Å². The van der Waals surface area contributed by atoms with E-state index in [0.29, 0.717) is 17.0 Å². The molecule has 1 N–H and O–H groups in total. The fourth-order valence-corrected chi connectivity index (χ4v) is 2.98. The molecule has 1 amide bonds. The number of amides is 1. The summed E-state index contributed by atoms with van der Waals surface area (Å²) in [5, 5.41) is 6.96. The van der Waals surface area contributed by atoms with Gasteiger partial charge in [0.1, 0.15) is 18.7 Å². The van der Waals surface area contributed by atoms with Crippen LogP contribution >= 0.6 is 0 Å². The molecule has 31 heavy (non-hydrogen) atoms. The van der Waals surface area contributed by atoms with Gasteiger partial charge in [-0.3, -0.25) is 9.59 Å². The third kappa shape index (κ3) is 5.05. The minimum absolute atomic E-state index is 0.188. The number of nitrogens with one attached hydrogen (secondary N) is 1. The fraction of sp³-hybridized carbons (Fsp3) is 0.0870. The lowest BCUT2D eigenvalue weighted by molar-refractivity contribution is -0.122. The van der Waals surface area contributed by atoms with Crippen LogP contribution in [0.1, 0.15) is 5.69 Å². The maximum Gasteiger partial charge on any atom is 0.267 e. The van der Waals surface area contributed by atoms with Crippen molar-refractivity contribution in [2.75, 3.05) is 0 Å². The Morgan fingerprint density at radius 2 is 1.65 bits per heavy atom. The van der Waals surface area contributed by atoms with Gasteiger partial charge in [-0.1, -0.05) is 30.3 Å². The van der Waals surface area contributed by atoms with E-state index in [-0.39, 0.29) is 24.8 Å². The first-order valence-corrected chi connectivity index (χ1v) is 9.56. The molecule has 2 aromatic carbocycles. The average molecular weight is 415 g/mol. The van der Waals surface area contributed by atoms with Crippen molar-refractivity contribution in [3.63, 3.8) is 0 Å². The SMILES string of the molecule is O=C(Cn1nc(-c2ccc(F)cc2)ccc1=O)NCc1cc(-c2ccccc2)ncn1. The molecule has 2 aromatic heterocycles. The first-order chi connectivity index (χ1) is 15.1. The van der Waals surface area contributed by atoms with E-state index in [4.69, 9.17) is 0 Å². The Balaban J connectivity index is 1.43. The van der Waals surface area contributed by atoms with Crippen LogP contribution in [0, 0.1) is 5.82 Å². The molecule has 7 nitrogen and oxygen atoms in total. The highest BCUT2D eigenvalue weighted by Gasteiger charge is 2.09. The zero-order valence-corrected chi connectivity index (χ0v) is 16.4. The molecule has 0 spiro atoms. The molecule has 0 bridgehead atoms. The molecule has 8 heteroatoms. The number of carbonyl (C=O) groups excluding carboxylic acids is 1. The maximum absolute atomic E-state index is 13.1. The predicted octanol–water partition coefficient (Wildman–Crippen LogP) is 2.82. The predicted molar refractivity (Wildman–Crippen MR) is 113 cm³/mol. The van der Waals surface area contributed by atoms with Gasteiger partial charge in [0.15, 0.2) is 0 Å². The summed E-state index contributed by atoms with van der Waals surface area (Å²) < 4.78 is 14.2. The highest BCUT2D eigenvalue weighted by molar-refractivity contribution is 5.75. The molecule has 0 atom stereocenters. The van der Waals surface area contributed by atoms with Crippen molar-refractivity contribution >= 4 is 5.91 Å². The number of rotatable bonds is 6. The topological polar surface area (TPSA) is 89.8 Å². The van der Waals surface area contributed by atoms with E-state index >= 15 is 0 Å².